The second-order valence-corrected chi connectivity index (χ2v) is 10.8. The molecule has 3 aromatic carbocycles. The maximum absolute atomic E-state index is 12.7. The summed E-state index contributed by atoms with van der Waals surface area (Å²) in [5, 5.41) is 74.7. The predicted octanol–water partition coefficient (Wildman–Crippen LogP) is 2.90. The van der Waals surface area contributed by atoms with Gasteiger partial charge in [0.1, 0.15) is 34.1 Å². The van der Waals surface area contributed by atoms with Gasteiger partial charge in [-0.1, -0.05) is 103 Å². The van der Waals surface area contributed by atoms with Crippen molar-refractivity contribution in [3.63, 3.8) is 0 Å². The summed E-state index contributed by atoms with van der Waals surface area (Å²) in [5.41, 5.74) is -11.1. The molecule has 206 valence electrons. The van der Waals surface area contributed by atoms with Gasteiger partial charge in [-0.05, 0) is 29.5 Å². The Morgan fingerprint density at radius 1 is 0.513 bits per heavy atom. The van der Waals surface area contributed by atoms with Crippen LogP contribution in [-0.2, 0) is 19.3 Å². The smallest absolute Gasteiger partial charge is 0.132 e. The van der Waals surface area contributed by atoms with E-state index in [2.05, 4.69) is 13.2 Å². The molecule has 0 spiro atoms. The zero-order valence-corrected chi connectivity index (χ0v) is 22.0. The molecule has 0 saturated heterocycles. The van der Waals surface area contributed by atoms with Crippen LogP contribution in [0.3, 0.4) is 0 Å². The lowest BCUT2D eigenvalue weighted by atomic mass is 9.45. The lowest BCUT2D eigenvalue weighted by Gasteiger charge is -2.69. The molecule has 0 aromatic heterocycles. The van der Waals surface area contributed by atoms with Gasteiger partial charge in [-0.15, -0.1) is 13.2 Å². The van der Waals surface area contributed by atoms with Gasteiger partial charge in [0.2, 0.25) is 0 Å². The Morgan fingerprint density at radius 3 is 1.26 bits per heavy atom. The van der Waals surface area contributed by atoms with Crippen LogP contribution in [0.15, 0.2) is 116 Å². The van der Waals surface area contributed by atoms with Crippen molar-refractivity contribution >= 4 is 0 Å². The molecule has 39 heavy (non-hydrogen) atoms. The van der Waals surface area contributed by atoms with Crippen molar-refractivity contribution in [2.24, 2.45) is 0 Å². The first kappa shape index (κ1) is 28.9. The maximum Gasteiger partial charge on any atom is 0.132 e. The van der Waals surface area contributed by atoms with E-state index in [0.29, 0.717) is 16.7 Å². The minimum absolute atomic E-state index is 0.321. The van der Waals surface area contributed by atoms with E-state index in [1.165, 1.54) is 12.2 Å². The van der Waals surface area contributed by atoms with Gasteiger partial charge in [0.05, 0.1) is 0 Å². The minimum atomic E-state index is -2.59. The Bertz CT molecular complexity index is 1270. The standard InChI is InChI=1S/C33H38O6/c1-3-20-29(35)28(34)30(36,22-25-14-8-5-9-15-25)33(39,24-27-18-12-7-13-19-27)31(37,21-4-2)32(29,38)23-26-16-10-6-11-17-26/h3-19,28,34-39H,1-2,20-24H2/t28-,29-,30+,31-,32+,33+/m1/s1. The molecule has 0 amide bonds. The Balaban J connectivity index is 2.04. The molecule has 6 N–H and O–H groups in total. The summed E-state index contributed by atoms with van der Waals surface area (Å²) in [6, 6.07) is 26.2. The molecule has 1 aliphatic carbocycles. The zero-order valence-electron chi connectivity index (χ0n) is 22.0. The van der Waals surface area contributed by atoms with Gasteiger partial charge < -0.3 is 30.6 Å². The maximum atomic E-state index is 12.7. The van der Waals surface area contributed by atoms with Crippen LogP contribution in [0.2, 0.25) is 0 Å². The highest BCUT2D eigenvalue weighted by molar-refractivity contribution is 5.40. The van der Waals surface area contributed by atoms with Crippen LogP contribution in [0.5, 0.6) is 0 Å². The highest BCUT2D eigenvalue weighted by Gasteiger charge is 2.82. The summed E-state index contributed by atoms with van der Waals surface area (Å²) in [4.78, 5) is 0. The van der Waals surface area contributed by atoms with Gasteiger partial charge in [0.15, 0.2) is 0 Å². The number of aliphatic hydroxyl groups excluding tert-OH is 1. The molecule has 3 aromatic rings. The third kappa shape index (κ3) is 4.47. The van der Waals surface area contributed by atoms with Crippen LogP contribution >= 0.6 is 0 Å². The molecule has 1 fully saturated rings. The van der Waals surface area contributed by atoms with Gasteiger partial charge in [0.25, 0.3) is 0 Å². The van der Waals surface area contributed by atoms with Crippen molar-refractivity contribution < 1.29 is 30.6 Å². The van der Waals surface area contributed by atoms with Crippen LogP contribution in [0.1, 0.15) is 29.5 Å². The lowest BCUT2D eigenvalue weighted by molar-refractivity contribution is -0.407. The molecular formula is C33H38O6. The molecule has 0 aliphatic heterocycles. The fraction of sp³-hybridized carbons (Fsp3) is 0.333. The first-order chi connectivity index (χ1) is 18.5. The summed E-state index contributed by atoms with van der Waals surface area (Å²) in [6.07, 6.45) is -1.22. The fourth-order valence-electron chi connectivity index (χ4n) is 6.48. The monoisotopic (exact) mass is 530 g/mol. The van der Waals surface area contributed by atoms with E-state index < -0.39 is 40.5 Å². The first-order valence-electron chi connectivity index (χ1n) is 13.1. The Morgan fingerprint density at radius 2 is 0.872 bits per heavy atom. The lowest BCUT2D eigenvalue weighted by Crippen LogP contribution is -2.92. The topological polar surface area (TPSA) is 121 Å². The molecule has 1 saturated carbocycles. The molecule has 6 nitrogen and oxygen atoms in total. The molecule has 6 heteroatoms. The van der Waals surface area contributed by atoms with Crippen LogP contribution in [0.4, 0.5) is 0 Å². The van der Waals surface area contributed by atoms with E-state index in [-0.39, 0.29) is 25.7 Å². The number of hydrogen-bond acceptors (Lipinski definition) is 6. The Kier molecular flexibility index (Phi) is 8.01. The molecule has 0 heterocycles. The number of benzene rings is 3. The van der Waals surface area contributed by atoms with Crippen molar-refractivity contribution in [1.82, 2.24) is 0 Å². The Hall–Kier alpha value is -3.10. The summed E-state index contributed by atoms with van der Waals surface area (Å²) < 4.78 is 0. The van der Waals surface area contributed by atoms with E-state index in [9.17, 15) is 30.6 Å². The van der Waals surface area contributed by atoms with Gasteiger partial charge in [-0.2, -0.15) is 0 Å². The average molecular weight is 531 g/mol. The molecule has 4 rings (SSSR count). The summed E-state index contributed by atoms with van der Waals surface area (Å²) >= 11 is 0. The average Bonchev–Trinajstić information content (AvgIpc) is 2.93. The van der Waals surface area contributed by atoms with Crippen molar-refractivity contribution in [3.8, 4) is 0 Å². The largest absolute Gasteiger partial charge is 0.387 e. The molecule has 0 radical (unpaired) electrons. The van der Waals surface area contributed by atoms with E-state index in [4.69, 9.17) is 0 Å². The van der Waals surface area contributed by atoms with Gasteiger partial charge >= 0.3 is 0 Å². The fourth-order valence-corrected chi connectivity index (χ4v) is 6.48. The SMILES string of the molecule is C=CC[C@@]1(O)[C@](O)(Cc2ccccc2)[C@@](O)(CC=C)[C@@H](O)[C@@](O)(Cc2ccccc2)[C@@]1(O)Cc1ccccc1. The first-order valence-corrected chi connectivity index (χ1v) is 13.1. The number of aliphatic hydroxyl groups is 6. The third-order valence-electron chi connectivity index (χ3n) is 8.52. The zero-order chi connectivity index (χ0) is 28.4. The quantitative estimate of drug-likeness (QED) is 0.224. The molecule has 0 bridgehead atoms. The molecule has 1 aliphatic rings. The normalized spacial score (nSPS) is 34.4. The second-order valence-electron chi connectivity index (χ2n) is 10.8. The van der Waals surface area contributed by atoms with E-state index in [1.807, 2.05) is 0 Å². The third-order valence-corrected chi connectivity index (χ3v) is 8.52. The van der Waals surface area contributed by atoms with Crippen LogP contribution in [-0.4, -0.2) is 64.7 Å². The molecule has 0 unspecified atom stereocenters. The number of rotatable bonds is 10. The van der Waals surface area contributed by atoms with Crippen molar-refractivity contribution in [2.45, 2.75) is 66.2 Å². The van der Waals surface area contributed by atoms with E-state index in [0.717, 1.165) is 0 Å². The second kappa shape index (κ2) is 10.8. The van der Waals surface area contributed by atoms with E-state index >= 15 is 0 Å². The predicted molar refractivity (Wildman–Crippen MR) is 151 cm³/mol. The summed E-state index contributed by atoms with van der Waals surface area (Å²) in [5.74, 6) is 0. The highest BCUT2D eigenvalue weighted by atomic mass is 16.5. The Labute approximate surface area is 229 Å². The molecule has 6 atom stereocenters. The summed E-state index contributed by atoms with van der Waals surface area (Å²) in [7, 11) is 0. The highest BCUT2D eigenvalue weighted by Crippen LogP contribution is 2.59. The number of hydrogen-bond donors (Lipinski definition) is 6. The van der Waals surface area contributed by atoms with Gasteiger partial charge in [0, 0.05) is 19.3 Å². The van der Waals surface area contributed by atoms with Crippen molar-refractivity contribution in [3.05, 3.63) is 133 Å². The van der Waals surface area contributed by atoms with Crippen LogP contribution in [0.25, 0.3) is 0 Å². The minimum Gasteiger partial charge on any atom is -0.387 e. The van der Waals surface area contributed by atoms with Crippen molar-refractivity contribution in [2.75, 3.05) is 0 Å². The molecular weight excluding hydrogens is 492 g/mol. The summed E-state index contributed by atoms with van der Waals surface area (Å²) in [6.45, 7) is 7.47. The van der Waals surface area contributed by atoms with Gasteiger partial charge in [-0.25, -0.2) is 0 Å². The van der Waals surface area contributed by atoms with Crippen molar-refractivity contribution in [1.29, 1.82) is 0 Å². The van der Waals surface area contributed by atoms with Gasteiger partial charge in [-0.3, -0.25) is 0 Å². The van der Waals surface area contributed by atoms with Crippen LogP contribution in [0, 0.1) is 0 Å². The van der Waals surface area contributed by atoms with E-state index in [1.54, 1.807) is 91.0 Å². The van der Waals surface area contributed by atoms with Crippen LogP contribution < -0.4 is 0 Å².